The number of hydrogen-bond acceptors (Lipinski definition) is 6. The number of carbonyl (C=O) groups is 3. The first-order valence-electron chi connectivity index (χ1n) is 12.7. The molecule has 3 amide bonds. The zero-order chi connectivity index (χ0) is 27.9. The maximum absolute atomic E-state index is 13.3. The van der Waals surface area contributed by atoms with Crippen molar-refractivity contribution in [2.45, 2.75) is 57.8 Å². The van der Waals surface area contributed by atoms with Crippen molar-refractivity contribution in [1.82, 2.24) is 16.0 Å². The Morgan fingerprint density at radius 1 is 0.868 bits per heavy atom. The van der Waals surface area contributed by atoms with Gasteiger partial charge in [-0.2, -0.15) is 0 Å². The van der Waals surface area contributed by atoms with Crippen LogP contribution in [0, 0.1) is 5.92 Å². The summed E-state index contributed by atoms with van der Waals surface area (Å²) in [5.74, 6) is -0.581. The fraction of sp³-hybridized carbons (Fsp3) is 0.464. The van der Waals surface area contributed by atoms with Gasteiger partial charge in [0, 0.05) is 29.2 Å². The Morgan fingerprint density at radius 2 is 1.45 bits per heavy atom. The van der Waals surface area contributed by atoms with E-state index in [1.807, 2.05) is 74.5 Å². The molecule has 4 atom stereocenters. The molecular formula is C28H39N3O6S. The topological polar surface area (TPSA) is 134 Å². The summed E-state index contributed by atoms with van der Waals surface area (Å²) in [7, 11) is -1.07. The summed E-state index contributed by atoms with van der Waals surface area (Å²) in [5, 5.41) is 17.9. The number of hydrogen-bond donors (Lipinski definition) is 4. The Labute approximate surface area is 227 Å². The highest BCUT2D eigenvalue weighted by atomic mass is 32.2. The molecule has 2 aromatic rings. The van der Waals surface area contributed by atoms with Gasteiger partial charge in [0.1, 0.15) is 18.7 Å². The first kappa shape index (κ1) is 31.0. The average Bonchev–Trinajstić information content (AvgIpc) is 2.89. The van der Waals surface area contributed by atoms with E-state index in [0.29, 0.717) is 18.6 Å². The van der Waals surface area contributed by atoms with Crippen LogP contribution in [0.5, 0.6) is 0 Å². The van der Waals surface area contributed by atoms with Crippen LogP contribution in [0.4, 0.5) is 4.79 Å². The smallest absolute Gasteiger partial charge is 0.408 e. The molecule has 0 fully saturated rings. The molecule has 0 aromatic heterocycles. The van der Waals surface area contributed by atoms with Crippen LogP contribution < -0.4 is 16.0 Å². The molecule has 4 N–H and O–H groups in total. The van der Waals surface area contributed by atoms with E-state index >= 15 is 0 Å². The van der Waals surface area contributed by atoms with Crippen molar-refractivity contribution in [3.63, 3.8) is 0 Å². The fourth-order valence-electron chi connectivity index (χ4n) is 3.76. The number of alkyl carbamates (subject to hydrolysis) is 1. The van der Waals surface area contributed by atoms with Crippen LogP contribution in [0.15, 0.2) is 60.7 Å². The van der Waals surface area contributed by atoms with Gasteiger partial charge in [-0.15, -0.1) is 0 Å². The molecule has 0 spiro atoms. The second-order valence-corrected chi connectivity index (χ2v) is 11.1. The van der Waals surface area contributed by atoms with E-state index in [9.17, 15) is 23.7 Å². The van der Waals surface area contributed by atoms with Gasteiger partial charge in [0.25, 0.3) is 0 Å². The lowest BCUT2D eigenvalue weighted by molar-refractivity contribution is -0.130. The van der Waals surface area contributed by atoms with Crippen molar-refractivity contribution in [1.29, 1.82) is 0 Å². The van der Waals surface area contributed by atoms with E-state index in [4.69, 9.17) is 4.74 Å². The average molecular weight is 546 g/mol. The van der Waals surface area contributed by atoms with Crippen LogP contribution in [0.2, 0.25) is 0 Å². The molecule has 2 rings (SSSR count). The molecule has 0 saturated carbocycles. The van der Waals surface area contributed by atoms with E-state index in [2.05, 4.69) is 16.0 Å². The number of carbonyl (C=O) groups excluding carboxylic acids is 3. The van der Waals surface area contributed by atoms with Gasteiger partial charge in [-0.1, -0.05) is 74.5 Å². The molecule has 0 aliphatic rings. The Bertz CT molecular complexity index is 1040. The minimum atomic E-state index is -1.07. The molecule has 0 bridgehead atoms. The number of ether oxygens (including phenoxy) is 1. The Hall–Kier alpha value is -3.24. The molecule has 0 radical (unpaired) electrons. The normalized spacial score (nSPS) is 14.1. The number of amides is 3. The summed E-state index contributed by atoms with van der Waals surface area (Å²) in [6.07, 6.45) is 1.71. The second-order valence-electron chi connectivity index (χ2n) is 9.59. The van der Waals surface area contributed by atoms with Crippen LogP contribution in [-0.4, -0.2) is 64.0 Å². The van der Waals surface area contributed by atoms with E-state index < -0.39 is 46.8 Å². The van der Waals surface area contributed by atoms with Crippen LogP contribution >= 0.6 is 0 Å². The minimum absolute atomic E-state index is 0.0623. The number of aliphatic hydroxyl groups is 1. The lowest BCUT2D eigenvalue weighted by Gasteiger charge is -2.25. The van der Waals surface area contributed by atoms with Gasteiger partial charge in [-0.25, -0.2) is 4.79 Å². The van der Waals surface area contributed by atoms with Crippen LogP contribution in [-0.2, 0) is 38.2 Å². The van der Waals surface area contributed by atoms with Gasteiger partial charge in [0.2, 0.25) is 11.8 Å². The zero-order valence-electron chi connectivity index (χ0n) is 22.2. The van der Waals surface area contributed by atoms with Gasteiger partial charge in [0.15, 0.2) is 0 Å². The highest BCUT2D eigenvalue weighted by Gasteiger charge is 2.29. The first-order valence-corrected chi connectivity index (χ1v) is 14.4. The van der Waals surface area contributed by atoms with Crippen molar-refractivity contribution in [3.8, 4) is 0 Å². The van der Waals surface area contributed by atoms with Crippen LogP contribution in [0.3, 0.4) is 0 Å². The van der Waals surface area contributed by atoms with Crippen molar-refractivity contribution in [2.24, 2.45) is 5.92 Å². The third-order valence-electron chi connectivity index (χ3n) is 5.76. The predicted octanol–water partition coefficient (Wildman–Crippen LogP) is 2.30. The molecule has 0 aliphatic heterocycles. The maximum atomic E-state index is 13.3. The highest BCUT2D eigenvalue weighted by Crippen LogP contribution is 2.09. The molecular weight excluding hydrogens is 506 g/mol. The Kier molecular flexibility index (Phi) is 13.5. The quantitative estimate of drug-likeness (QED) is 0.271. The summed E-state index contributed by atoms with van der Waals surface area (Å²) >= 11 is 0. The second kappa shape index (κ2) is 16.6. The fourth-order valence-corrected chi connectivity index (χ4v) is 4.38. The van der Waals surface area contributed by atoms with Gasteiger partial charge in [-0.3, -0.25) is 13.8 Å². The molecule has 2 aromatic carbocycles. The number of rotatable bonds is 15. The minimum Gasteiger partial charge on any atom is -0.445 e. The summed E-state index contributed by atoms with van der Waals surface area (Å²) in [4.78, 5) is 39.0. The number of aliphatic hydroxyl groups excluding tert-OH is 1. The number of benzene rings is 2. The molecule has 0 saturated heterocycles. The van der Waals surface area contributed by atoms with Crippen LogP contribution in [0.1, 0.15) is 37.8 Å². The molecule has 1 unspecified atom stereocenters. The van der Waals surface area contributed by atoms with Gasteiger partial charge in [-0.05, 0) is 29.9 Å². The zero-order valence-corrected chi connectivity index (χ0v) is 23.0. The van der Waals surface area contributed by atoms with Gasteiger partial charge in [0.05, 0.1) is 12.6 Å². The molecule has 0 aliphatic carbocycles. The van der Waals surface area contributed by atoms with E-state index in [0.717, 1.165) is 11.1 Å². The first-order chi connectivity index (χ1) is 18.2. The summed E-state index contributed by atoms with van der Waals surface area (Å²) in [6.45, 7) is 3.59. The van der Waals surface area contributed by atoms with Crippen molar-refractivity contribution < 1.29 is 28.4 Å². The SMILES string of the molecule is CC(C)C[C@H](NC(=O)OCc1ccccc1)C(=O)N[C@@H](Cc1ccccc1)C(=O)N[C@H](CO)CCS(C)=O. The van der Waals surface area contributed by atoms with Gasteiger partial charge < -0.3 is 25.8 Å². The summed E-state index contributed by atoms with van der Waals surface area (Å²) in [6, 6.07) is 16.0. The molecule has 0 heterocycles. The Balaban J connectivity index is 2.11. The van der Waals surface area contributed by atoms with Crippen LogP contribution in [0.25, 0.3) is 0 Å². The standard InChI is InChI=1S/C28H39N3O6S/c1-20(2)16-24(31-28(35)37-19-22-12-8-5-9-13-22)27(34)30-25(17-21-10-6-4-7-11-21)26(33)29-23(18-32)14-15-38(3)36/h4-13,20,23-25,32H,14-19H2,1-3H3,(H,29,33)(H,30,34)(H,31,35)/t23-,24-,25-,38?/m0/s1. The highest BCUT2D eigenvalue weighted by molar-refractivity contribution is 7.84. The predicted molar refractivity (Wildman–Crippen MR) is 148 cm³/mol. The number of nitrogens with one attached hydrogen (secondary N) is 3. The lowest BCUT2D eigenvalue weighted by atomic mass is 10.0. The molecule has 10 heteroatoms. The van der Waals surface area contributed by atoms with Crippen molar-refractivity contribution in [2.75, 3.05) is 18.6 Å². The molecule has 208 valence electrons. The molecule has 38 heavy (non-hydrogen) atoms. The van der Waals surface area contributed by atoms with Crippen molar-refractivity contribution >= 4 is 28.7 Å². The lowest BCUT2D eigenvalue weighted by Crippen LogP contribution is -2.56. The third kappa shape index (κ3) is 11.9. The largest absolute Gasteiger partial charge is 0.445 e. The van der Waals surface area contributed by atoms with E-state index in [-0.39, 0.29) is 25.6 Å². The molecule has 9 nitrogen and oxygen atoms in total. The Morgan fingerprint density at radius 3 is 2.00 bits per heavy atom. The third-order valence-corrected chi connectivity index (χ3v) is 6.58. The summed E-state index contributed by atoms with van der Waals surface area (Å²) < 4.78 is 16.8. The maximum Gasteiger partial charge on any atom is 0.408 e. The van der Waals surface area contributed by atoms with E-state index in [1.165, 1.54) is 0 Å². The summed E-state index contributed by atoms with van der Waals surface area (Å²) in [5.41, 5.74) is 1.65. The van der Waals surface area contributed by atoms with Crippen molar-refractivity contribution in [3.05, 3.63) is 71.8 Å². The van der Waals surface area contributed by atoms with Gasteiger partial charge >= 0.3 is 6.09 Å². The monoisotopic (exact) mass is 545 g/mol. The van der Waals surface area contributed by atoms with E-state index in [1.54, 1.807) is 6.26 Å².